The summed E-state index contributed by atoms with van der Waals surface area (Å²) in [5.41, 5.74) is 1.80. The average molecular weight is 315 g/mol. The molecule has 0 spiro atoms. The lowest BCUT2D eigenvalue weighted by Gasteiger charge is -2.57. The normalized spacial score (nSPS) is 37.8. The fourth-order valence-corrected chi connectivity index (χ4v) is 6.26. The van der Waals surface area contributed by atoms with E-state index in [1.807, 2.05) is 0 Å². The number of fused-ring (bicyclic) bond motifs is 1. The maximum Gasteiger partial charge on any atom is 0.233 e. The molecule has 0 atom stereocenters. The molecule has 0 radical (unpaired) electrons. The molecule has 1 N–H and O–H groups in total. The monoisotopic (exact) mass is 315 g/mol. The van der Waals surface area contributed by atoms with Crippen molar-refractivity contribution in [1.29, 1.82) is 0 Å². The summed E-state index contributed by atoms with van der Waals surface area (Å²) >= 11 is 0. The lowest BCUT2D eigenvalue weighted by atomic mass is 9.53. The molecule has 0 saturated heterocycles. The molecule has 4 aliphatic carbocycles. The van der Waals surface area contributed by atoms with Gasteiger partial charge in [-0.05, 0) is 75.5 Å². The third kappa shape index (κ3) is 2.69. The van der Waals surface area contributed by atoms with Crippen molar-refractivity contribution < 1.29 is 4.74 Å². The van der Waals surface area contributed by atoms with Gasteiger partial charge in [0.2, 0.25) is 5.88 Å². The summed E-state index contributed by atoms with van der Waals surface area (Å²) in [5.74, 6) is 3.85. The summed E-state index contributed by atoms with van der Waals surface area (Å²) in [4.78, 5) is 0. The number of ether oxygens (including phenoxy) is 1. The topological polar surface area (TPSA) is 39.1 Å². The van der Waals surface area contributed by atoms with Gasteiger partial charge in [-0.15, -0.1) is 5.10 Å². The van der Waals surface area contributed by atoms with Crippen LogP contribution in [-0.2, 0) is 13.0 Å². The van der Waals surface area contributed by atoms with Crippen molar-refractivity contribution in [3.05, 3.63) is 11.8 Å². The maximum atomic E-state index is 5.93. The Bertz CT molecular complexity index is 520. The van der Waals surface area contributed by atoms with E-state index in [0.29, 0.717) is 5.54 Å². The Labute approximate surface area is 139 Å². The number of aryl methyl sites for hydroxylation is 2. The minimum atomic E-state index is 0.450. The van der Waals surface area contributed by atoms with Gasteiger partial charge in [-0.1, -0.05) is 0 Å². The van der Waals surface area contributed by atoms with E-state index in [-0.39, 0.29) is 0 Å². The summed E-state index contributed by atoms with van der Waals surface area (Å²) in [6, 6.07) is 2.14. The summed E-state index contributed by atoms with van der Waals surface area (Å²) in [6.45, 7) is 2.77. The maximum absolute atomic E-state index is 5.93. The molecule has 126 valence electrons. The van der Waals surface area contributed by atoms with Gasteiger partial charge >= 0.3 is 0 Å². The number of nitrogens with one attached hydrogen (secondary N) is 1. The predicted molar refractivity (Wildman–Crippen MR) is 89.6 cm³/mol. The number of hydrogen-bond donors (Lipinski definition) is 1. The zero-order valence-corrected chi connectivity index (χ0v) is 14.1. The molecule has 4 saturated carbocycles. The molecule has 2 heterocycles. The molecule has 1 aromatic heterocycles. The fourth-order valence-electron chi connectivity index (χ4n) is 6.26. The Balaban J connectivity index is 1.14. The van der Waals surface area contributed by atoms with Crippen molar-refractivity contribution in [2.75, 3.05) is 13.2 Å². The van der Waals surface area contributed by atoms with Crippen LogP contribution in [0, 0.1) is 17.8 Å². The van der Waals surface area contributed by atoms with E-state index < -0.39 is 0 Å². The number of aromatic nitrogens is 2. The molecular formula is C19H29N3O. The third-order valence-electron chi connectivity index (χ3n) is 6.78. The zero-order chi connectivity index (χ0) is 15.3. The highest BCUT2D eigenvalue weighted by Gasteiger charge is 2.50. The van der Waals surface area contributed by atoms with E-state index in [9.17, 15) is 0 Å². The van der Waals surface area contributed by atoms with Gasteiger partial charge in [0.25, 0.3) is 0 Å². The average Bonchev–Trinajstić information content (AvgIpc) is 2.93. The van der Waals surface area contributed by atoms with Gasteiger partial charge in [-0.2, -0.15) is 0 Å². The standard InChI is InChI=1S/C19H29N3O/c1-2-5-22-17(3-1)10-18(21-22)23-6-4-20-19-11-14-7-15(12-19)9-16(8-14)13-19/h10,14-16,20H,1-9,11-13H2. The molecular weight excluding hydrogens is 286 g/mol. The Morgan fingerprint density at radius 2 is 1.87 bits per heavy atom. The first-order chi connectivity index (χ1) is 11.3. The fraction of sp³-hybridized carbons (Fsp3) is 0.842. The first-order valence-corrected chi connectivity index (χ1v) is 9.73. The second-order valence-electron chi connectivity index (χ2n) is 8.63. The molecule has 23 heavy (non-hydrogen) atoms. The van der Waals surface area contributed by atoms with Gasteiger partial charge in [-0.25, -0.2) is 0 Å². The van der Waals surface area contributed by atoms with Crippen LogP contribution in [-0.4, -0.2) is 28.5 Å². The Kier molecular flexibility index (Phi) is 3.43. The van der Waals surface area contributed by atoms with Gasteiger partial charge in [-0.3, -0.25) is 4.68 Å². The minimum absolute atomic E-state index is 0.450. The molecule has 4 bridgehead atoms. The molecule has 1 aromatic rings. The van der Waals surface area contributed by atoms with Crippen molar-refractivity contribution in [2.24, 2.45) is 17.8 Å². The van der Waals surface area contributed by atoms with E-state index >= 15 is 0 Å². The molecule has 5 aliphatic rings. The van der Waals surface area contributed by atoms with E-state index in [0.717, 1.165) is 49.8 Å². The van der Waals surface area contributed by atoms with Crippen LogP contribution in [0.15, 0.2) is 6.07 Å². The summed E-state index contributed by atoms with van der Waals surface area (Å²) in [5, 5.41) is 8.48. The van der Waals surface area contributed by atoms with Crippen LogP contribution in [0.3, 0.4) is 0 Å². The van der Waals surface area contributed by atoms with Gasteiger partial charge in [0.15, 0.2) is 0 Å². The third-order valence-corrected chi connectivity index (χ3v) is 6.78. The number of hydrogen-bond acceptors (Lipinski definition) is 3. The summed E-state index contributed by atoms with van der Waals surface area (Å²) in [7, 11) is 0. The van der Waals surface area contributed by atoms with Crippen molar-refractivity contribution >= 4 is 0 Å². The highest BCUT2D eigenvalue weighted by molar-refractivity contribution is 5.17. The van der Waals surface area contributed by atoms with E-state index in [2.05, 4.69) is 21.2 Å². The van der Waals surface area contributed by atoms with Crippen molar-refractivity contribution in [3.8, 4) is 5.88 Å². The Hall–Kier alpha value is -1.03. The molecule has 4 fully saturated rings. The van der Waals surface area contributed by atoms with Gasteiger partial charge < -0.3 is 10.1 Å². The first kappa shape index (κ1) is 14.3. The van der Waals surface area contributed by atoms with Crippen LogP contribution in [0.5, 0.6) is 5.88 Å². The van der Waals surface area contributed by atoms with Gasteiger partial charge in [0.05, 0.1) is 0 Å². The largest absolute Gasteiger partial charge is 0.475 e. The highest BCUT2D eigenvalue weighted by atomic mass is 16.5. The molecule has 1 aliphatic heterocycles. The summed E-state index contributed by atoms with van der Waals surface area (Å²) < 4.78 is 8.06. The molecule has 0 unspecified atom stereocenters. The molecule has 4 heteroatoms. The van der Waals surface area contributed by atoms with Crippen LogP contribution in [0.1, 0.15) is 57.1 Å². The lowest BCUT2D eigenvalue weighted by molar-refractivity contribution is -0.0207. The number of rotatable bonds is 5. The molecule has 4 nitrogen and oxygen atoms in total. The van der Waals surface area contributed by atoms with Crippen molar-refractivity contribution in [2.45, 2.75) is 69.9 Å². The number of nitrogens with zero attached hydrogens (tertiary/aromatic N) is 2. The van der Waals surface area contributed by atoms with E-state index in [4.69, 9.17) is 4.74 Å². The zero-order valence-electron chi connectivity index (χ0n) is 14.1. The van der Waals surface area contributed by atoms with Crippen LogP contribution in [0.25, 0.3) is 0 Å². The SMILES string of the molecule is c1c(OCCNC23CC4CC(CC(C4)C2)C3)nn2c1CCCC2. The second-order valence-corrected chi connectivity index (χ2v) is 8.63. The van der Waals surface area contributed by atoms with Crippen LogP contribution >= 0.6 is 0 Å². The summed E-state index contributed by atoms with van der Waals surface area (Å²) in [6.07, 6.45) is 12.5. The van der Waals surface area contributed by atoms with Crippen LogP contribution in [0.2, 0.25) is 0 Å². The second kappa shape index (κ2) is 5.51. The van der Waals surface area contributed by atoms with Gasteiger partial charge in [0.1, 0.15) is 6.61 Å². The van der Waals surface area contributed by atoms with E-state index in [1.165, 1.54) is 57.1 Å². The highest BCUT2D eigenvalue weighted by Crippen LogP contribution is 2.55. The first-order valence-electron chi connectivity index (χ1n) is 9.73. The minimum Gasteiger partial charge on any atom is -0.475 e. The lowest BCUT2D eigenvalue weighted by Crippen LogP contribution is -2.59. The smallest absolute Gasteiger partial charge is 0.233 e. The predicted octanol–water partition coefficient (Wildman–Crippen LogP) is 3.16. The Morgan fingerprint density at radius 3 is 2.57 bits per heavy atom. The van der Waals surface area contributed by atoms with Crippen LogP contribution in [0.4, 0.5) is 0 Å². The van der Waals surface area contributed by atoms with Crippen LogP contribution < -0.4 is 10.1 Å². The van der Waals surface area contributed by atoms with Crippen molar-refractivity contribution in [1.82, 2.24) is 15.1 Å². The van der Waals surface area contributed by atoms with Gasteiger partial charge in [0, 0.05) is 30.4 Å². The molecule has 6 rings (SSSR count). The quantitative estimate of drug-likeness (QED) is 0.848. The van der Waals surface area contributed by atoms with Crippen molar-refractivity contribution in [3.63, 3.8) is 0 Å². The van der Waals surface area contributed by atoms with E-state index in [1.54, 1.807) is 0 Å². The molecule has 0 aromatic carbocycles. The Morgan fingerprint density at radius 1 is 1.13 bits per heavy atom. The molecule has 0 amide bonds.